The lowest BCUT2D eigenvalue weighted by molar-refractivity contribution is 0.102. The quantitative estimate of drug-likeness (QED) is 0.569. The monoisotopic (exact) mass is 345 g/mol. The molecule has 2 N–H and O–H groups in total. The highest BCUT2D eigenvalue weighted by Gasteiger charge is 2.16. The molecule has 2 aromatic carbocycles. The molecule has 0 atom stereocenters. The van der Waals surface area contributed by atoms with Crippen LogP contribution in [0.5, 0.6) is 5.75 Å². The summed E-state index contributed by atoms with van der Waals surface area (Å²) < 4.78 is 1.91. The zero-order valence-electron chi connectivity index (χ0n) is 13.3. The van der Waals surface area contributed by atoms with E-state index in [0.717, 1.165) is 11.1 Å². The molecule has 4 aromatic rings. The normalized spacial score (nSPS) is 10.3. The first-order valence-electron chi connectivity index (χ1n) is 7.84. The van der Waals surface area contributed by atoms with Gasteiger partial charge in [-0.2, -0.15) is 0 Å². The van der Waals surface area contributed by atoms with E-state index in [9.17, 15) is 9.90 Å². The highest BCUT2D eigenvalue weighted by molar-refractivity contribution is 6.09. The second-order valence-corrected chi connectivity index (χ2v) is 5.60. The minimum Gasteiger partial charge on any atom is -0.505 e. The van der Waals surface area contributed by atoms with Crippen LogP contribution in [-0.4, -0.2) is 20.6 Å². The van der Waals surface area contributed by atoms with Gasteiger partial charge in [-0.1, -0.05) is 31.7 Å². The Labute approximate surface area is 151 Å². The molecule has 5 heteroatoms. The van der Waals surface area contributed by atoms with Crippen LogP contribution in [0.15, 0.2) is 79.3 Å². The highest BCUT2D eigenvalue weighted by atomic mass is 16.3. The fourth-order valence-corrected chi connectivity index (χ4v) is 2.80. The summed E-state index contributed by atoms with van der Waals surface area (Å²) in [5, 5.41) is 14.1. The van der Waals surface area contributed by atoms with Crippen molar-refractivity contribution in [3.8, 4) is 11.4 Å². The molecule has 130 valence electrons. The number of aromatic hydroxyl groups is 1. The van der Waals surface area contributed by atoms with Crippen LogP contribution in [-0.2, 0) is 0 Å². The molecule has 26 heavy (non-hydrogen) atoms. The van der Waals surface area contributed by atoms with Gasteiger partial charge < -0.3 is 15.0 Å². The number of pyridine rings is 1. The van der Waals surface area contributed by atoms with Gasteiger partial charge in [-0.05, 0) is 36.4 Å². The maximum absolute atomic E-state index is 12.7. The number of phenolic OH excluding ortho intramolecular Hbond substituents is 1. The SMILES string of the molecule is C.O=C(Nc1ccccc1-n1cccc1)c1ccc2cccnc2c1O. The number of nitrogens with one attached hydrogen (secondary N) is 1. The molecule has 0 aliphatic carbocycles. The van der Waals surface area contributed by atoms with E-state index in [0.29, 0.717) is 11.2 Å². The zero-order valence-corrected chi connectivity index (χ0v) is 13.3. The smallest absolute Gasteiger partial charge is 0.259 e. The number of anilines is 1. The third-order valence-electron chi connectivity index (χ3n) is 4.03. The molecule has 2 aromatic heterocycles. The Bertz CT molecular complexity index is 1060. The van der Waals surface area contributed by atoms with E-state index in [1.807, 2.05) is 59.4 Å². The van der Waals surface area contributed by atoms with E-state index in [4.69, 9.17) is 0 Å². The summed E-state index contributed by atoms with van der Waals surface area (Å²) in [6.45, 7) is 0. The summed E-state index contributed by atoms with van der Waals surface area (Å²) in [4.78, 5) is 16.8. The Balaban J connectivity index is 0.00000196. The van der Waals surface area contributed by atoms with E-state index >= 15 is 0 Å². The molecule has 2 heterocycles. The van der Waals surface area contributed by atoms with Crippen LogP contribution in [0, 0.1) is 0 Å². The van der Waals surface area contributed by atoms with Gasteiger partial charge in [-0.15, -0.1) is 0 Å². The summed E-state index contributed by atoms with van der Waals surface area (Å²) in [5.41, 5.74) is 2.10. The number of hydrogen-bond donors (Lipinski definition) is 2. The topological polar surface area (TPSA) is 67.2 Å². The standard InChI is InChI=1S/C20H15N3O2.CH4/c24-19-15(10-9-14-6-5-11-21-18(14)19)20(25)22-16-7-1-2-8-17(16)23-12-3-4-13-23;/h1-13,24H,(H,22,25);1H4. The molecular weight excluding hydrogens is 326 g/mol. The van der Waals surface area contributed by atoms with E-state index in [-0.39, 0.29) is 24.6 Å². The van der Waals surface area contributed by atoms with Crippen molar-refractivity contribution < 1.29 is 9.90 Å². The molecule has 0 bridgehead atoms. The third kappa shape index (κ3) is 3.02. The summed E-state index contributed by atoms with van der Waals surface area (Å²) in [7, 11) is 0. The lowest BCUT2D eigenvalue weighted by Gasteiger charge is -2.13. The van der Waals surface area contributed by atoms with Crippen LogP contribution >= 0.6 is 0 Å². The van der Waals surface area contributed by atoms with Crippen LogP contribution in [0.25, 0.3) is 16.6 Å². The Hall–Kier alpha value is -3.60. The number of phenols is 1. The minimum atomic E-state index is -0.385. The first-order chi connectivity index (χ1) is 12.2. The number of carbonyl (C=O) groups is 1. The summed E-state index contributed by atoms with van der Waals surface area (Å²) in [5.74, 6) is -0.501. The predicted molar refractivity (Wildman–Crippen MR) is 104 cm³/mol. The van der Waals surface area contributed by atoms with Crippen molar-refractivity contribution in [2.45, 2.75) is 7.43 Å². The predicted octanol–water partition coefficient (Wildman–Crippen LogP) is 4.62. The summed E-state index contributed by atoms with van der Waals surface area (Å²) in [6, 6.07) is 18.3. The Morgan fingerprint density at radius 2 is 1.73 bits per heavy atom. The molecule has 0 spiro atoms. The third-order valence-corrected chi connectivity index (χ3v) is 4.03. The summed E-state index contributed by atoms with van der Waals surface area (Å²) in [6.07, 6.45) is 5.40. The van der Waals surface area contributed by atoms with Gasteiger partial charge in [0, 0.05) is 24.0 Å². The molecule has 0 aliphatic heterocycles. The van der Waals surface area contributed by atoms with E-state index < -0.39 is 0 Å². The molecule has 0 aliphatic rings. The lowest BCUT2D eigenvalue weighted by atomic mass is 10.1. The van der Waals surface area contributed by atoms with E-state index in [1.165, 1.54) is 0 Å². The van der Waals surface area contributed by atoms with Crippen LogP contribution in [0.3, 0.4) is 0 Å². The molecular formula is C21H19N3O2. The van der Waals surface area contributed by atoms with E-state index in [1.54, 1.807) is 24.4 Å². The number of para-hydroxylation sites is 2. The average molecular weight is 345 g/mol. The first-order valence-corrected chi connectivity index (χ1v) is 7.84. The largest absolute Gasteiger partial charge is 0.505 e. The van der Waals surface area contributed by atoms with Gasteiger partial charge in [0.1, 0.15) is 5.52 Å². The zero-order chi connectivity index (χ0) is 17.2. The van der Waals surface area contributed by atoms with Gasteiger partial charge in [0.2, 0.25) is 0 Å². The highest BCUT2D eigenvalue weighted by Crippen LogP contribution is 2.28. The molecule has 5 nitrogen and oxygen atoms in total. The second kappa shape index (κ2) is 7.11. The van der Waals surface area contributed by atoms with Gasteiger partial charge in [-0.25, -0.2) is 0 Å². The first kappa shape index (κ1) is 17.2. The van der Waals surface area contributed by atoms with Crippen molar-refractivity contribution >= 4 is 22.5 Å². The Kier molecular flexibility index (Phi) is 4.71. The number of carbonyl (C=O) groups excluding carboxylic acids is 1. The Morgan fingerprint density at radius 3 is 2.54 bits per heavy atom. The number of aromatic nitrogens is 2. The number of fused-ring (bicyclic) bond motifs is 1. The van der Waals surface area contributed by atoms with Gasteiger partial charge >= 0.3 is 0 Å². The number of benzene rings is 2. The molecule has 4 rings (SSSR count). The summed E-state index contributed by atoms with van der Waals surface area (Å²) >= 11 is 0. The van der Waals surface area contributed by atoms with Crippen LogP contribution in [0.4, 0.5) is 5.69 Å². The van der Waals surface area contributed by atoms with Crippen LogP contribution in [0.1, 0.15) is 17.8 Å². The van der Waals surface area contributed by atoms with E-state index in [2.05, 4.69) is 10.3 Å². The van der Waals surface area contributed by atoms with Gasteiger partial charge in [-0.3, -0.25) is 9.78 Å². The van der Waals surface area contributed by atoms with Gasteiger partial charge in [0.25, 0.3) is 5.91 Å². The van der Waals surface area contributed by atoms with Crippen molar-refractivity contribution in [1.29, 1.82) is 0 Å². The number of nitrogens with zero attached hydrogens (tertiary/aromatic N) is 2. The van der Waals surface area contributed by atoms with Crippen molar-refractivity contribution in [3.05, 3.63) is 84.8 Å². The lowest BCUT2D eigenvalue weighted by Crippen LogP contribution is -2.14. The molecule has 0 unspecified atom stereocenters. The average Bonchev–Trinajstić information content (AvgIpc) is 3.17. The molecule has 0 saturated carbocycles. The fraction of sp³-hybridized carbons (Fsp3) is 0.0476. The Morgan fingerprint density at radius 1 is 0.962 bits per heavy atom. The maximum Gasteiger partial charge on any atom is 0.259 e. The molecule has 0 radical (unpaired) electrons. The van der Waals surface area contributed by atoms with Crippen molar-refractivity contribution in [2.24, 2.45) is 0 Å². The molecule has 1 amide bonds. The number of amides is 1. The van der Waals surface area contributed by atoms with Gasteiger partial charge in [0.05, 0.1) is 16.9 Å². The molecule has 0 fully saturated rings. The van der Waals surface area contributed by atoms with Crippen LogP contribution < -0.4 is 5.32 Å². The second-order valence-electron chi connectivity index (χ2n) is 5.60. The number of rotatable bonds is 3. The van der Waals surface area contributed by atoms with Crippen molar-refractivity contribution in [3.63, 3.8) is 0 Å². The minimum absolute atomic E-state index is 0. The number of hydrogen-bond acceptors (Lipinski definition) is 3. The van der Waals surface area contributed by atoms with Gasteiger partial charge in [0.15, 0.2) is 5.75 Å². The maximum atomic E-state index is 12.7. The molecule has 0 saturated heterocycles. The van der Waals surface area contributed by atoms with Crippen LogP contribution in [0.2, 0.25) is 0 Å². The fourth-order valence-electron chi connectivity index (χ4n) is 2.80. The van der Waals surface area contributed by atoms with Crippen molar-refractivity contribution in [2.75, 3.05) is 5.32 Å². The van der Waals surface area contributed by atoms with Crippen molar-refractivity contribution in [1.82, 2.24) is 9.55 Å².